The molecule has 0 bridgehead atoms. The fourth-order valence-electron chi connectivity index (χ4n) is 3.05. The Kier molecular flexibility index (Phi) is 2.85. The molecular formula is C19H15ClN2. The van der Waals surface area contributed by atoms with Crippen molar-refractivity contribution >= 4 is 28.2 Å². The summed E-state index contributed by atoms with van der Waals surface area (Å²) in [6.07, 6.45) is 1.90. The molecule has 0 saturated carbocycles. The highest BCUT2D eigenvalue weighted by Crippen LogP contribution is 2.38. The SMILES string of the molecule is CC1(C)N=C(c2cnc3ccccc3c2)c2ccc(Cl)cc21. The number of hydrogen-bond donors (Lipinski definition) is 0. The molecule has 22 heavy (non-hydrogen) atoms. The van der Waals surface area contributed by atoms with E-state index in [-0.39, 0.29) is 5.54 Å². The van der Waals surface area contributed by atoms with Crippen molar-refractivity contribution in [2.24, 2.45) is 4.99 Å². The van der Waals surface area contributed by atoms with E-state index in [1.165, 1.54) is 5.56 Å². The summed E-state index contributed by atoms with van der Waals surface area (Å²) >= 11 is 6.16. The van der Waals surface area contributed by atoms with E-state index in [1.807, 2.05) is 36.5 Å². The van der Waals surface area contributed by atoms with Gasteiger partial charge in [-0.3, -0.25) is 9.98 Å². The van der Waals surface area contributed by atoms with Crippen LogP contribution in [0.1, 0.15) is 30.5 Å². The highest BCUT2D eigenvalue weighted by molar-refractivity contribution is 6.31. The van der Waals surface area contributed by atoms with Gasteiger partial charge in [0, 0.05) is 27.7 Å². The Morgan fingerprint density at radius 2 is 1.82 bits per heavy atom. The number of rotatable bonds is 1. The van der Waals surface area contributed by atoms with Gasteiger partial charge < -0.3 is 0 Å². The summed E-state index contributed by atoms with van der Waals surface area (Å²) in [6.45, 7) is 4.23. The maximum atomic E-state index is 6.16. The van der Waals surface area contributed by atoms with Gasteiger partial charge >= 0.3 is 0 Å². The van der Waals surface area contributed by atoms with Gasteiger partial charge in [-0.25, -0.2) is 0 Å². The molecule has 1 aromatic heterocycles. The second kappa shape index (κ2) is 4.65. The van der Waals surface area contributed by atoms with Gasteiger partial charge in [-0.1, -0.05) is 35.9 Å². The molecule has 0 saturated heterocycles. The molecule has 1 aliphatic rings. The summed E-state index contributed by atoms with van der Waals surface area (Å²) in [6, 6.07) is 16.3. The van der Waals surface area contributed by atoms with Crippen LogP contribution in [0.3, 0.4) is 0 Å². The lowest BCUT2D eigenvalue weighted by molar-refractivity contribution is 0.572. The second-order valence-corrected chi connectivity index (χ2v) is 6.56. The first kappa shape index (κ1) is 13.5. The van der Waals surface area contributed by atoms with E-state index in [1.54, 1.807) is 0 Å². The van der Waals surface area contributed by atoms with Crippen LogP contribution in [0.5, 0.6) is 0 Å². The first-order valence-electron chi connectivity index (χ1n) is 7.30. The molecule has 0 radical (unpaired) electrons. The molecule has 4 rings (SSSR count). The van der Waals surface area contributed by atoms with E-state index in [9.17, 15) is 0 Å². The summed E-state index contributed by atoms with van der Waals surface area (Å²) in [4.78, 5) is 9.48. The number of fused-ring (bicyclic) bond motifs is 2. The summed E-state index contributed by atoms with van der Waals surface area (Å²) < 4.78 is 0. The lowest BCUT2D eigenvalue weighted by atomic mass is 9.92. The topological polar surface area (TPSA) is 25.2 Å². The van der Waals surface area contributed by atoms with Crippen molar-refractivity contribution in [2.45, 2.75) is 19.4 Å². The lowest BCUT2D eigenvalue weighted by Crippen LogP contribution is -2.10. The van der Waals surface area contributed by atoms with Crippen LogP contribution in [-0.4, -0.2) is 10.7 Å². The highest BCUT2D eigenvalue weighted by Gasteiger charge is 2.32. The van der Waals surface area contributed by atoms with Crippen molar-refractivity contribution in [1.82, 2.24) is 4.98 Å². The third-order valence-corrected chi connectivity index (χ3v) is 4.39. The second-order valence-electron chi connectivity index (χ2n) is 6.13. The molecule has 108 valence electrons. The molecule has 2 heterocycles. The predicted molar refractivity (Wildman–Crippen MR) is 91.9 cm³/mol. The maximum Gasteiger partial charge on any atom is 0.0815 e. The first-order valence-corrected chi connectivity index (χ1v) is 7.68. The van der Waals surface area contributed by atoms with E-state index < -0.39 is 0 Å². The molecule has 0 spiro atoms. The predicted octanol–water partition coefficient (Wildman–Crippen LogP) is 4.97. The van der Waals surface area contributed by atoms with Crippen LogP contribution in [0.25, 0.3) is 10.9 Å². The van der Waals surface area contributed by atoms with E-state index in [4.69, 9.17) is 16.6 Å². The standard InChI is InChI=1S/C19H15ClN2/c1-19(2)16-10-14(20)7-8-15(16)18(22-19)13-9-12-5-3-4-6-17(12)21-11-13/h3-11H,1-2H3. The zero-order valence-electron chi connectivity index (χ0n) is 12.5. The Morgan fingerprint density at radius 1 is 1.00 bits per heavy atom. The van der Waals surface area contributed by atoms with Crippen molar-refractivity contribution in [3.63, 3.8) is 0 Å². The molecule has 2 nitrogen and oxygen atoms in total. The molecule has 0 unspecified atom stereocenters. The molecule has 0 amide bonds. The van der Waals surface area contributed by atoms with Gasteiger partial charge in [0.2, 0.25) is 0 Å². The Bertz CT molecular complexity index is 926. The molecule has 0 aliphatic carbocycles. The average Bonchev–Trinajstić information content (AvgIpc) is 2.78. The van der Waals surface area contributed by atoms with E-state index in [0.717, 1.165) is 32.8 Å². The number of aliphatic imine (C=N–C) groups is 1. The Hall–Kier alpha value is -2.19. The average molecular weight is 307 g/mol. The Morgan fingerprint density at radius 3 is 2.68 bits per heavy atom. The van der Waals surface area contributed by atoms with Crippen LogP contribution in [0.15, 0.2) is 59.7 Å². The number of nitrogens with zero attached hydrogens (tertiary/aromatic N) is 2. The van der Waals surface area contributed by atoms with E-state index in [2.05, 4.69) is 37.0 Å². The number of benzene rings is 2. The van der Waals surface area contributed by atoms with Crippen LogP contribution in [0.2, 0.25) is 5.02 Å². The quantitative estimate of drug-likeness (QED) is 0.623. The number of halogens is 1. The maximum absolute atomic E-state index is 6.16. The van der Waals surface area contributed by atoms with Gasteiger partial charge in [-0.05, 0) is 43.7 Å². The summed E-state index contributed by atoms with van der Waals surface area (Å²) in [7, 11) is 0. The van der Waals surface area contributed by atoms with Crippen molar-refractivity contribution < 1.29 is 0 Å². The zero-order valence-corrected chi connectivity index (χ0v) is 13.2. The van der Waals surface area contributed by atoms with Crippen LogP contribution >= 0.6 is 11.6 Å². The molecule has 2 aromatic carbocycles. The van der Waals surface area contributed by atoms with Gasteiger partial charge in [-0.2, -0.15) is 0 Å². The van der Waals surface area contributed by atoms with Crippen molar-refractivity contribution in [2.75, 3.05) is 0 Å². The first-order chi connectivity index (χ1) is 10.5. The summed E-state index contributed by atoms with van der Waals surface area (Å²) in [5, 5.41) is 1.88. The summed E-state index contributed by atoms with van der Waals surface area (Å²) in [5.74, 6) is 0. The van der Waals surface area contributed by atoms with E-state index >= 15 is 0 Å². The van der Waals surface area contributed by atoms with Crippen LogP contribution in [0.4, 0.5) is 0 Å². The third-order valence-electron chi connectivity index (χ3n) is 4.15. The number of hydrogen-bond acceptors (Lipinski definition) is 2. The third kappa shape index (κ3) is 2.03. The van der Waals surface area contributed by atoms with Crippen LogP contribution in [0, 0.1) is 0 Å². The van der Waals surface area contributed by atoms with Gasteiger partial charge in [-0.15, -0.1) is 0 Å². The number of aromatic nitrogens is 1. The molecular weight excluding hydrogens is 292 g/mol. The zero-order chi connectivity index (χ0) is 15.3. The normalized spacial score (nSPS) is 15.7. The molecule has 0 fully saturated rings. The van der Waals surface area contributed by atoms with Crippen molar-refractivity contribution in [3.8, 4) is 0 Å². The molecule has 3 aromatic rings. The number of para-hydroxylation sites is 1. The molecule has 1 aliphatic heterocycles. The number of pyridine rings is 1. The van der Waals surface area contributed by atoms with Gasteiger partial charge in [0.25, 0.3) is 0 Å². The van der Waals surface area contributed by atoms with Gasteiger partial charge in [0.15, 0.2) is 0 Å². The van der Waals surface area contributed by atoms with Crippen molar-refractivity contribution in [3.05, 3.63) is 76.4 Å². The summed E-state index contributed by atoms with van der Waals surface area (Å²) in [5.41, 5.74) is 5.10. The van der Waals surface area contributed by atoms with Gasteiger partial charge in [0.1, 0.15) is 0 Å². The fraction of sp³-hybridized carbons (Fsp3) is 0.158. The smallest absolute Gasteiger partial charge is 0.0815 e. The largest absolute Gasteiger partial charge is 0.273 e. The Labute approximate surface area is 134 Å². The monoisotopic (exact) mass is 306 g/mol. The van der Waals surface area contributed by atoms with Gasteiger partial charge in [0.05, 0.1) is 16.8 Å². The highest BCUT2D eigenvalue weighted by atomic mass is 35.5. The van der Waals surface area contributed by atoms with E-state index in [0.29, 0.717) is 0 Å². The molecule has 0 N–H and O–H groups in total. The minimum Gasteiger partial charge on any atom is -0.273 e. The van der Waals surface area contributed by atoms with Crippen molar-refractivity contribution in [1.29, 1.82) is 0 Å². The molecule has 0 atom stereocenters. The fourth-order valence-corrected chi connectivity index (χ4v) is 3.22. The lowest BCUT2D eigenvalue weighted by Gasteiger charge is -2.15. The minimum atomic E-state index is -0.263. The molecule has 3 heteroatoms. The van der Waals surface area contributed by atoms with Crippen LogP contribution in [-0.2, 0) is 5.54 Å². The Balaban J connectivity index is 1.92. The van der Waals surface area contributed by atoms with Crippen LogP contribution < -0.4 is 0 Å². The minimum absolute atomic E-state index is 0.263.